The van der Waals surface area contributed by atoms with Crippen molar-refractivity contribution in [1.82, 2.24) is 0 Å². The minimum absolute atomic E-state index is 1.31. The molecule has 0 spiro atoms. The molecule has 46 valence electrons. The van der Waals surface area contributed by atoms with E-state index in [4.69, 9.17) is 5.11 Å². The molecule has 0 aliphatic rings. The van der Waals surface area contributed by atoms with E-state index in [1.165, 1.54) is 0 Å². The molecular formula is C2HBrO5. The van der Waals surface area contributed by atoms with Crippen LogP contribution in [0.5, 0.6) is 0 Å². The first kappa shape index (κ1) is 7.22. The predicted molar refractivity (Wildman–Crippen MR) is 24.5 cm³/mol. The lowest BCUT2D eigenvalue weighted by atomic mass is 11.3. The van der Waals surface area contributed by atoms with Gasteiger partial charge in [-0.1, -0.05) is 0 Å². The third-order valence-corrected chi connectivity index (χ3v) is 0.498. The third kappa shape index (κ3) is 3.41. The van der Waals surface area contributed by atoms with Crippen LogP contribution in [0.25, 0.3) is 0 Å². The molecule has 0 unspecified atom stereocenters. The molecular weight excluding hydrogens is 184 g/mol. The van der Waals surface area contributed by atoms with E-state index in [0.29, 0.717) is 0 Å². The van der Waals surface area contributed by atoms with Crippen molar-refractivity contribution in [3.8, 4) is 0 Å². The van der Waals surface area contributed by atoms with Gasteiger partial charge in [-0.05, 0) is 0 Å². The summed E-state index contributed by atoms with van der Waals surface area (Å²) in [6.07, 6.45) is -3.01. The molecule has 0 aliphatic carbocycles. The Morgan fingerprint density at radius 3 is 2.12 bits per heavy atom. The molecule has 0 aromatic heterocycles. The molecule has 0 aromatic rings. The van der Waals surface area contributed by atoms with Crippen molar-refractivity contribution in [3.05, 3.63) is 0 Å². The molecule has 0 bridgehead atoms. The van der Waals surface area contributed by atoms with E-state index in [1.54, 1.807) is 0 Å². The third-order valence-electron chi connectivity index (χ3n) is 0.234. The molecule has 0 radical (unpaired) electrons. The highest BCUT2D eigenvalue weighted by molar-refractivity contribution is 9.06. The van der Waals surface area contributed by atoms with Gasteiger partial charge in [-0.25, -0.2) is 9.59 Å². The summed E-state index contributed by atoms with van der Waals surface area (Å²) in [6.45, 7) is 0. The van der Waals surface area contributed by atoms with E-state index < -0.39 is 12.3 Å². The molecule has 0 heterocycles. The van der Waals surface area contributed by atoms with Gasteiger partial charge >= 0.3 is 12.3 Å². The minimum atomic E-state index is -1.70. The van der Waals surface area contributed by atoms with E-state index in [0.717, 1.165) is 0 Å². The summed E-state index contributed by atoms with van der Waals surface area (Å²) in [6, 6.07) is 0. The smallest absolute Gasteiger partial charge is 0.449 e. The van der Waals surface area contributed by atoms with Crippen molar-refractivity contribution in [3.63, 3.8) is 0 Å². The number of hydrogen-bond acceptors (Lipinski definition) is 4. The Kier molecular flexibility index (Phi) is 2.93. The van der Waals surface area contributed by atoms with Gasteiger partial charge in [0.15, 0.2) is 16.3 Å². The van der Waals surface area contributed by atoms with Crippen molar-refractivity contribution in [2.75, 3.05) is 0 Å². The highest BCUT2D eigenvalue weighted by Gasteiger charge is 2.06. The molecule has 0 saturated carbocycles. The van der Waals surface area contributed by atoms with Gasteiger partial charge in [-0.15, -0.1) is 0 Å². The standard InChI is InChI=1S/C2HBrO5/c3-8-2(6)7-1(4)5/h(H,4,5). The number of carbonyl (C=O) groups is 2. The summed E-state index contributed by atoms with van der Waals surface area (Å²) in [5, 5.41) is 7.67. The fourth-order valence-electron chi connectivity index (χ4n) is 0.0870. The van der Waals surface area contributed by atoms with Crippen LogP contribution in [0.2, 0.25) is 0 Å². The van der Waals surface area contributed by atoms with E-state index >= 15 is 0 Å². The van der Waals surface area contributed by atoms with Gasteiger partial charge in [-0.2, -0.15) is 0 Å². The fraction of sp³-hybridized carbons (Fsp3) is 0. The second-order valence-electron chi connectivity index (χ2n) is 0.695. The highest BCUT2D eigenvalue weighted by Crippen LogP contribution is 1.90. The fourth-order valence-corrected chi connectivity index (χ4v) is 0.153. The normalized spacial score (nSPS) is 7.62. The highest BCUT2D eigenvalue weighted by atomic mass is 79.9. The number of hydrogen-bond donors (Lipinski definition) is 1. The van der Waals surface area contributed by atoms with E-state index in [-0.39, 0.29) is 0 Å². The quantitative estimate of drug-likeness (QED) is 0.452. The second-order valence-corrected chi connectivity index (χ2v) is 1.02. The molecule has 0 rings (SSSR count). The largest absolute Gasteiger partial charge is 0.530 e. The molecule has 0 atom stereocenters. The van der Waals surface area contributed by atoms with Crippen LogP contribution in [0.4, 0.5) is 9.59 Å². The van der Waals surface area contributed by atoms with Gasteiger partial charge in [0.25, 0.3) is 0 Å². The summed E-state index contributed by atoms with van der Waals surface area (Å²) in [5.74, 6) is 0. The van der Waals surface area contributed by atoms with Crippen molar-refractivity contribution >= 4 is 28.6 Å². The lowest BCUT2D eigenvalue weighted by Gasteiger charge is -1.89. The number of rotatable bonds is 0. The SMILES string of the molecule is O=C(O)OC(=O)OBr. The maximum atomic E-state index is 9.75. The van der Waals surface area contributed by atoms with Crippen LogP contribution in [0.15, 0.2) is 0 Å². The maximum absolute atomic E-state index is 9.75. The number of carboxylic acid groups (broad SMARTS) is 1. The van der Waals surface area contributed by atoms with Crippen molar-refractivity contribution in [2.24, 2.45) is 0 Å². The van der Waals surface area contributed by atoms with E-state index in [9.17, 15) is 9.59 Å². The molecule has 5 nitrogen and oxygen atoms in total. The Labute approximate surface area is 52.6 Å². The van der Waals surface area contributed by atoms with Gasteiger partial charge in [0.2, 0.25) is 0 Å². The summed E-state index contributed by atoms with van der Waals surface area (Å²) in [5.41, 5.74) is 0. The molecule has 6 heteroatoms. The van der Waals surface area contributed by atoms with Crippen LogP contribution in [-0.4, -0.2) is 17.4 Å². The Morgan fingerprint density at radius 1 is 1.50 bits per heavy atom. The topological polar surface area (TPSA) is 72.8 Å². The summed E-state index contributed by atoms with van der Waals surface area (Å²) < 4.78 is 7.04. The van der Waals surface area contributed by atoms with Gasteiger partial charge in [0, 0.05) is 0 Å². The average molecular weight is 185 g/mol. The number of ether oxygens (including phenoxy) is 1. The average Bonchev–Trinajstić information content (AvgIpc) is 1.65. The monoisotopic (exact) mass is 184 g/mol. The molecule has 8 heavy (non-hydrogen) atoms. The zero-order chi connectivity index (χ0) is 6.57. The van der Waals surface area contributed by atoms with Crippen LogP contribution < -0.4 is 0 Å². The van der Waals surface area contributed by atoms with Gasteiger partial charge in [0.05, 0.1) is 0 Å². The molecule has 1 N–H and O–H groups in total. The minimum Gasteiger partial charge on any atom is -0.449 e. The van der Waals surface area contributed by atoms with Gasteiger partial charge in [0.1, 0.15) is 0 Å². The van der Waals surface area contributed by atoms with E-state index in [2.05, 4.69) is 24.8 Å². The van der Waals surface area contributed by atoms with Gasteiger partial charge in [-0.3, -0.25) is 0 Å². The Morgan fingerprint density at radius 2 is 2.00 bits per heavy atom. The Hall–Kier alpha value is -0.780. The number of carbonyl (C=O) groups excluding carboxylic acids is 1. The van der Waals surface area contributed by atoms with Gasteiger partial charge < -0.3 is 13.7 Å². The van der Waals surface area contributed by atoms with E-state index in [1.807, 2.05) is 0 Å². The zero-order valence-electron chi connectivity index (χ0n) is 3.46. The predicted octanol–water partition coefficient (Wildman–Crippen LogP) is 1.13. The first-order valence-electron chi connectivity index (χ1n) is 1.40. The second kappa shape index (κ2) is 3.25. The lowest BCUT2D eigenvalue weighted by Crippen LogP contribution is -2.06. The molecule has 0 saturated heterocycles. The van der Waals surface area contributed by atoms with Crippen LogP contribution >= 0.6 is 16.3 Å². The lowest BCUT2D eigenvalue weighted by molar-refractivity contribution is 0.0906. The Balaban J connectivity index is 3.40. The van der Waals surface area contributed by atoms with Crippen molar-refractivity contribution in [2.45, 2.75) is 0 Å². The maximum Gasteiger partial charge on any atom is 0.530 e. The molecule has 0 amide bonds. The molecule has 0 aliphatic heterocycles. The van der Waals surface area contributed by atoms with Crippen LogP contribution in [0.1, 0.15) is 0 Å². The summed E-state index contributed by atoms with van der Waals surface area (Å²) in [7, 11) is 0. The van der Waals surface area contributed by atoms with Crippen molar-refractivity contribution in [1.29, 1.82) is 0 Å². The van der Waals surface area contributed by atoms with Crippen LogP contribution in [0, 0.1) is 0 Å². The first-order chi connectivity index (χ1) is 3.66. The van der Waals surface area contributed by atoms with Crippen molar-refractivity contribution < 1.29 is 23.3 Å². The number of halogens is 1. The molecule has 0 aromatic carbocycles. The molecule has 0 fully saturated rings. The zero-order valence-corrected chi connectivity index (χ0v) is 5.04. The summed E-state index contributed by atoms with van der Waals surface area (Å²) in [4.78, 5) is 19.2. The van der Waals surface area contributed by atoms with Crippen LogP contribution in [0.3, 0.4) is 0 Å². The Bertz CT molecular complexity index is 109. The van der Waals surface area contributed by atoms with Crippen LogP contribution in [-0.2, 0) is 8.57 Å². The first-order valence-corrected chi connectivity index (χ1v) is 2.05. The summed E-state index contributed by atoms with van der Waals surface area (Å²) >= 11 is 2.21.